The van der Waals surface area contributed by atoms with Gasteiger partial charge >= 0.3 is 0 Å². The number of fused-ring (bicyclic) bond motifs is 1. The number of pyridine rings is 1. The summed E-state index contributed by atoms with van der Waals surface area (Å²) in [5, 5.41) is 11.6. The van der Waals surface area contributed by atoms with Gasteiger partial charge in [0.1, 0.15) is 10.9 Å². The Labute approximate surface area is 80.8 Å². The van der Waals surface area contributed by atoms with E-state index in [2.05, 4.69) is 4.98 Å². The van der Waals surface area contributed by atoms with E-state index in [1.165, 1.54) is 0 Å². The average Bonchev–Trinajstić information content (AvgIpc) is 2.12. The minimum absolute atomic E-state index is 0.249. The molecule has 0 bridgehead atoms. The minimum atomic E-state index is 0.249. The third-order valence-corrected chi connectivity index (χ3v) is 2.33. The third-order valence-electron chi connectivity index (χ3n) is 2.03. The maximum atomic E-state index is 9.59. The molecule has 0 aliphatic rings. The Kier molecular flexibility index (Phi) is 1.85. The zero-order chi connectivity index (χ0) is 9.42. The predicted octanol–water partition coefficient (Wildman–Crippen LogP) is 2.90. The highest BCUT2D eigenvalue weighted by Crippen LogP contribution is 2.30. The molecule has 0 spiro atoms. The number of benzene rings is 1. The van der Waals surface area contributed by atoms with E-state index in [0.29, 0.717) is 5.15 Å². The van der Waals surface area contributed by atoms with Crippen LogP contribution in [-0.2, 0) is 0 Å². The maximum absolute atomic E-state index is 9.59. The number of phenolic OH excluding ortho intramolecular Hbond substituents is 1. The second-order valence-electron chi connectivity index (χ2n) is 2.93. The van der Waals surface area contributed by atoms with Gasteiger partial charge < -0.3 is 5.11 Å². The zero-order valence-electron chi connectivity index (χ0n) is 7.08. The smallest absolute Gasteiger partial charge is 0.136 e. The van der Waals surface area contributed by atoms with Crippen LogP contribution in [0.3, 0.4) is 0 Å². The number of aromatic hydroxyl groups is 1. The van der Waals surface area contributed by atoms with Gasteiger partial charge in [-0.2, -0.15) is 0 Å². The van der Waals surface area contributed by atoms with Gasteiger partial charge in [-0.15, -0.1) is 0 Å². The second-order valence-corrected chi connectivity index (χ2v) is 3.29. The molecule has 0 saturated carbocycles. The van der Waals surface area contributed by atoms with E-state index in [1.807, 2.05) is 13.0 Å². The largest absolute Gasteiger partial charge is 0.507 e. The van der Waals surface area contributed by atoms with Crippen molar-refractivity contribution in [3.63, 3.8) is 0 Å². The first-order valence-electron chi connectivity index (χ1n) is 3.93. The molecule has 0 atom stereocenters. The normalized spacial score (nSPS) is 10.6. The number of nitrogens with zero attached hydrogens (tertiary/aromatic N) is 1. The first-order chi connectivity index (χ1) is 6.20. The number of phenols is 1. The van der Waals surface area contributed by atoms with Crippen molar-refractivity contribution in [2.75, 3.05) is 0 Å². The van der Waals surface area contributed by atoms with Crippen molar-refractivity contribution < 1.29 is 5.11 Å². The van der Waals surface area contributed by atoms with Crippen molar-refractivity contribution >= 4 is 22.4 Å². The Hall–Kier alpha value is -1.28. The summed E-state index contributed by atoms with van der Waals surface area (Å²) in [5.74, 6) is 0.249. The number of hydrogen-bond donors (Lipinski definition) is 1. The number of halogens is 1. The fraction of sp³-hybridized carbons (Fsp3) is 0.100. The number of rotatable bonds is 0. The summed E-state index contributed by atoms with van der Waals surface area (Å²) in [7, 11) is 0. The Balaban J connectivity index is 3.00. The molecule has 0 saturated heterocycles. The molecule has 13 heavy (non-hydrogen) atoms. The molecule has 2 nitrogen and oxygen atoms in total. The first-order valence-corrected chi connectivity index (χ1v) is 4.31. The molecule has 3 heteroatoms. The van der Waals surface area contributed by atoms with Gasteiger partial charge in [0.05, 0.1) is 0 Å². The van der Waals surface area contributed by atoms with Crippen LogP contribution in [0.15, 0.2) is 24.4 Å². The van der Waals surface area contributed by atoms with Gasteiger partial charge in [-0.25, -0.2) is 4.98 Å². The van der Waals surface area contributed by atoms with E-state index >= 15 is 0 Å². The lowest BCUT2D eigenvalue weighted by Gasteiger charge is -2.04. The highest BCUT2D eigenvalue weighted by atomic mass is 35.5. The summed E-state index contributed by atoms with van der Waals surface area (Å²) in [6.45, 7) is 1.89. The van der Waals surface area contributed by atoms with E-state index in [-0.39, 0.29) is 5.75 Å². The highest BCUT2D eigenvalue weighted by molar-refractivity contribution is 6.34. The Morgan fingerprint density at radius 3 is 2.85 bits per heavy atom. The van der Waals surface area contributed by atoms with Crippen molar-refractivity contribution in [2.24, 2.45) is 0 Å². The molecule has 2 aromatic rings. The number of aromatic nitrogens is 1. The molecular formula is C10H8ClNO. The Bertz CT molecular complexity index is 459. The molecule has 66 valence electrons. The molecule has 1 aromatic carbocycles. The third kappa shape index (κ3) is 1.23. The van der Waals surface area contributed by atoms with E-state index in [4.69, 9.17) is 11.6 Å². The molecule has 0 amide bonds. The summed E-state index contributed by atoms with van der Waals surface area (Å²) in [6.07, 6.45) is 1.66. The summed E-state index contributed by atoms with van der Waals surface area (Å²) >= 11 is 5.88. The molecule has 1 heterocycles. The van der Waals surface area contributed by atoms with E-state index in [9.17, 15) is 5.11 Å². The van der Waals surface area contributed by atoms with Gasteiger partial charge in [-0.05, 0) is 18.6 Å². The topological polar surface area (TPSA) is 33.1 Å². The summed E-state index contributed by atoms with van der Waals surface area (Å²) in [4.78, 5) is 4.00. The van der Waals surface area contributed by atoms with Crippen LogP contribution in [0.5, 0.6) is 5.75 Å². The molecule has 0 unspecified atom stereocenters. The van der Waals surface area contributed by atoms with Gasteiger partial charge in [0.2, 0.25) is 0 Å². The van der Waals surface area contributed by atoms with Gasteiger partial charge in [-0.1, -0.05) is 23.7 Å². The van der Waals surface area contributed by atoms with Crippen molar-refractivity contribution in [3.05, 3.63) is 35.1 Å². The lowest BCUT2D eigenvalue weighted by Crippen LogP contribution is -1.84. The standard InChI is InChI=1S/C10H8ClNO/c1-6-5-12-10(11)7-3-2-4-8(13)9(6)7/h2-5,13H,1H3. The van der Waals surface area contributed by atoms with Crippen LogP contribution in [0.4, 0.5) is 0 Å². The summed E-state index contributed by atoms with van der Waals surface area (Å²) < 4.78 is 0. The highest BCUT2D eigenvalue weighted by Gasteiger charge is 2.05. The van der Waals surface area contributed by atoms with Crippen LogP contribution in [0, 0.1) is 6.92 Å². The molecule has 0 fully saturated rings. The maximum Gasteiger partial charge on any atom is 0.136 e. The van der Waals surface area contributed by atoms with E-state index in [1.54, 1.807) is 18.3 Å². The summed E-state index contributed by atoms with van der Waals surface area (Å²) in [6, 6.07) is 5.24. The lowest BCUT2D eigenvalue weighted by atomic mass is 10.1. The molecule has 0 radical (unpaired) electrons. The van der Waals surface area contributed by atoms with Crippen LogP contribution in [0.2, 0.25) is 5.15 Å². The molecule has 0 aliphatic carbocycles. The SMILES string of the molecule is Cc1cnc(Cl)c2cccc(O)c12. The number of hydrogen-bond acceptors (Lipinski definition) is 2. The molecule has 1 aromatic heterocycles. The Morgan fingerprint density at radius 2 is 2.15 bits per heavy atom. The van der Waals surface area contributed by atoms with Gasteiger partial charge in [0.15, 0.2) is 0 Å². The number of aryl methyl sites for hydroxylation is 1. The van der Waals surface area contributed by atoms with Crippen LogP contribution in [0.1, 0.15) is 5.56 Å². The Morgan fingerprint density at radius 1 is 1.38 bits per heavy atom. The fourth-order valence-electron chi connectivity index (χ4n) is 1.41. The van der Waals surface area contributed by atoms with Gasteiger partial charge in [0.25, 0.3) is 0 Å². The van der Waals surface area contributed by atoms with Crippen LogP contribution >= 0.6 is 11.6 Å². The van der Waals surface area contributed by atoms with E-state index < -0.39 is 0 Å². The quantitative estimate of drug-likeness (QED) is 0.653. The minimum Gasteiger partial charge on any atom is -0.507 e. The van der Waals surface area contributed by atoms with Crippen molar-refractivity contribution in [3.8, 4) is 5.75 Å². The lowest BCUT2D eigenvalue weighted by molar-refractivity contribution is 0.481. The van der Waals surface area contributed by atoms with Gasteiger partial charge in [-0.3, -0.25) is 0 Å². The van der Waals surface area contributed by atoms with E-state index in [0.717, 1.165) is 16.3 Å². The fourth-order valence-corrected chi connectivity index (χ4v) is 1.62. The van der Waals surface area contributed by atoms with Crippen molar-refractivity contribution in [1.29, 1.82) is 0 Å². The van der Waals surface area contributed by atoms with Crippen LogP contribution < -0.4 is 0 Å². The molecule has 0 aliphatic heterocycles. The van der Waals surface area contributed by atoms with Crippen molar-refractivity contribution in [1.82, 2.24) is 4.98 Å². The van der Waals surface area contributed by atoms with Crippen LogP contribution in [0.25, 0.3) is 10.8 Å². The molecule has 2 rings (SSSR count). The van der Waals surface area contributed by atoms with Gasteiger partial charge in [0, 0.05) is 17.0 Å². The molecular weight excluding hydrogens is 186 g/mol. The predicted molar refractivity (Wildman–Crippen MR) is 53.2 cm³/mol. The zero-order valence-corrected chi connectivity index (χ0v) is 7.84. The summed E-state index contributed by atoms with van der Waals surface area (Å²) in [5.41, 5.74) is 0.928. The molecule has 1 N–H and O–H groups in total. The second kappa shape index (κ2) is 2.89. The monoisotopic (exact) mass is 193 g/mol. The first kappa shape index (κ1) is 8.32. The van der Waals surface area contributed by atoms with Crippen molar-refractivity contribution in [2.45, 2.75) is 6.92 Å². The average molecular weight is 194 g/mol. The van der Waals surface area contributed by atoms with Crippen LogP contribution in [-0.4, -0.2) is 10.1 Å².